The first-order valence-corrected chi connectivity index (χ1v) is 7.39. The quantitative estimate of drug-likeness (QED) is 0.551. The molecule has 26 heavy (non-hydrogen) atoms. The Bertz CT molecular complexity index is 1010. The molecule has 3 aromatic rings. The van der Waals surface area contributed by atoms with Crippen molar-refractivity contribution >= 4 is 5.65 Å². The molecule has 0 amide bonds. The molecule has 138 valence electrons. The highest BCUT2D eigenvalue weighted by molar-refractivity contribution is 5.80. The van der Waals surface area contributed by atoms with Crippen molar-refractivity contribution in [3.05, 3.63) is 45.8 Å². The number of hydrogen-bond donors (Lipinski definition) is 1. The van der Waals surface area contributed by atoms with E-state index in [1.165, 1.54) is 0 Å². The molecule has 0 unspecified atom stereocenters. The van der Waals surface area contributed by atoms with Crippen LogP contribution in [0, 0.1) is 17.5 Å². The number of nitrogens with zero attached hydrogens (tertiary/aromatic N) is 3. The Balaban J connectivity index is 2.25. The Morgan fingerprint density at radius 1 is 1.23 bits per heavy atom. The topological polar surface area (TPSA) is 72.3 Å². The lowest BCUT2D eigenvalue weighted by Gasteiger charge is -2.06. The standard InChI is InChI=1S/C15H11F5N4O2/c1-2-9-11(6-3-7(16)12(20)8(17)4-6)13-21-14(26-5-10(18)19)22-15(25)24(13)23-9/h3-4,10H,2,5H2,1H3,(H,21,22,25). The van der Waals surface area contributed by atoms with Crippen LogP contribution in [0.4, 0.5) is 22.0 Å². The number of ether oxygens (including phenoxy) is 1. The molecular weight excluding hydrogens is 363 g/mol. The molecule has 0 bridgehead atoms. The molecule has 0 saturated carbocycles. The molecule has 3 rings (SSSR count). The lowest BCUT2D eigenvalue weighted by atomic mass is 10.0. The van der Waals surface area contributed by atoms with E-state index in [9.17, 15) is 26.7 Å². The summed E-state index contributed by atoms with van der Waals surface area (Å²) in [6.45, 7) is 0.660. The summed E-state index contributed by atoms with van der Waals surface area (Å²) in [5, 5.41) is 3.99. The number of aromatic nitrogens is 4. The van der Waals surface area contributed by atoms with Gasteiger partial charge in [0.1, 0.15) is 0 Å². The maximum Gasteiger partial charge on any atom is 0.352 e. The summed E-state index contributed by atoms with van der Waals surface area (Å²) in [6.07, 6.45) is -2.54. The van der Waals surface area contributed by atoms with Crippen LogP contribution in [0.15, 0.2) is 16.9 Å². The second-order valence-electron chi connectivity index (χ2n) is 5.21. The number of fused-ring (bicyclic) bond motifs is 1. The second kappa shape index (κ2) is 6.73. The molecule has 11 heteroatoms. The zero-order valence-corrected chi connectivity index (χ0v) is 13.2. The van der Waals surface area contributed by atoms with Crippen LogP contribution in [0.3, 0.4) is 0 Å². The van der Waals surface area contributed by atoms with Crippen molar-refractivity contribution in [2.45, 2.75) is 19.8 Å². The molecule has 6 nitrogen and oxygen atoms in total. The van der Waals surface area contributed by atoms with E-state index in [0.717, 1.165) is 16.6 Å². The number of aromatic amines is 1. The highest BCUT2D eigenvalue weighted by Crippen LogP contribution is 2.30. The zero-order valence-electron chi connectivity index (χ0n) is 13.2. The minimum atomic E-state index is -2.80. The van der Waals surface area contributed by atoms with Gasteiger partial charge in [-0.15, -0.1) is 0 Å². The molecule has 2 heterocycles. The van der Waals surface area contributed by atoms with Crippen LogP contribution >= 0.6 is 0 Å². The van der Waals surface area contributed by atoms with Gasteiger partial charge in [-0.2, -0.15) is 14.6 Å². The van der Waals surface area contributed by atoms with Crippen molar-refractivity contribution in [1.29, 1.82) is 0 Å². The number of aryl methyl sites for hydroxylation is 1. The van der Waals surface area contributed by atoms with Crippen LogP contribution in [-0.2, 0) is 6.42 Å². The first kappa shape index (κ1) is 17.8. The van der Waals surface area contributed by atoms with Crippen LogP contribution < -0.4 is 10.4 Å². The van der Waals surface area contributed by atoms with Crippen molar-refractivity contribution in [2.24, 2.45) is 0 Å². The smallest absolute Gasteiger partial charge is 0.352 e. The van der Waals surface area contributed by atoms with E-state index in [-0.39, 0.29) is 28.9 Å². The Morgan fingerprint density at radius 3 is 2.46 bits per heavy atom. The van der Waals surface area contributed by atoms with Crippen molar-refractivity contribution in [3.8, 4) is 17.1 Å². The molecular formula is C15H11F5N4O2. The van der Waals surface area contributed by atoms with Crippen LogP contribution in [0.2, 0.25) is 0 Å². The van der Waals surface area contributed by atoms with Gasteiger partial charge in [0, 0.05) is 0 Å². The van der Waals surface area contributed by atoms with Gasteiger partial charge in [0.2, 0.25) is 0 Å². The Morgan fingerprint density at radius 2 is 1.88 bits per heavy atom. The minimum Gasteiger partial charge on any atom is -0.459 e. The van der Waals surface area contributed by atoms with Crippen molar-refractivity contribution in [2.75, 3.05) is 6.61 Å². The third kappa shape index (κ3) is 3.11. The molecule has 1 N–H and O–H groups in total. The van der Waals surface area contributed by atoms with Crippen LogP contribution in [0.5, 0.6) is 6.01 Å². The van der Waals surface area contributed by atoms with Gasteiger partial charge < -0.3 is 4.74 Å². The van der Waals surface area contributed by atoms with E-state index in [4.69, 9.17) is 4.74 Å². The summed E-state index contributed by atoms with van der Waals surface area (Å²) in [7, 11) is 0. The van der Waals surface area contributed by atoms with Gasteiger partial charge in [-0.05, 0) is 24.1 Å². The SMILES string of the molecule is CCc1nn2c(=O)[nH]c(OCC(F)F)nc2c1-c1cc(F)c(F)c(F)c1. The van der Waals surface area contributed by atoms with E-state index in [1.807, 2.05) is 0 Å². The van der Waals surface area contributed by atoms with E-state index >= 15 is 0 Å². The van der Waals surface area contributed by atoms with E-state index in [1.54, 1.807) is 6.92 Å². The molecule has 2 aromatic heterocycles. The molecule has 0 aliphatic rings. The lowest BCUT2D eigenvalue weighted by molar-refractivity contribution is 0.0768. The number of rotatable bonds is 5. The number of H-pyrrole nitrogens is 1. The second-order valence-corrected chi connectivity index (χ2v) is 5.21. The molecule has 0 aliphatic heterocycles. The van der Waals surface area contributed by atoms with E-state index in [2.05, 4.69) is 15.1 Å². The zero-order chi connectivity index (χ0) is 19.0. The van der Waals surface area contributed by atoms with Crippen molar-refractivity contribution in [1.82, 2.24) is 19.6 Å². The summed E-state index contributed by atoms with van der Waals surface area (Å²) >= 11 is 0. The lowest BCUT2D eigenvalue weighted by Crippen LogP contribution is -2.21. The van der Waals surface area contributed by atoms with Gasteiger partial charge in [0.15, 0.2) is 29.7 Å². The largest absolute Gasteiger partial charge is 0.459 e. The van der Waals surface area contributed by atoms with Gasteiger partial charge >= 0.3 is 5.69 Å². The fraction of sp³-hybridized carbons (Fsp3) is 0.267. The first-order chi connectivity index (χ1) is 12.3. The van der Waals surface area contributed by atoms with Gasteiger partial charge in [0.05, 0.1) is 11.3 Å². The summed E-state index contributed by atoms with van der Waals surface area (Å²) < 4.78 is 70.5. The number of alkyl halides is 2. The van der Waals surface area contributed by atoms with Crippen molar-refractivity contribution in [3.63, 3.8) is 0 Å². The minimum absolute atomic E-state index is 0.0679. The summed E-state index contributed by atoms with van der Waals surface area (Å²) in [6, 6.07) is 0.962. The van der Waals surface area contributed by atoms with E-state index in [0.29, 0.717) is 0 Å². The number of halogens is 5. The number of benzene rings is 1. The highest BCUT2D eigenvalue weighted by atomic mass is 19.3. The molecule has 0 fully saturated rings. The van der Waals surface area contributed by atoms with Gasteiger partial charge in [0.25, 0.3) is 12.4 Å². The predicted molar refractivity (Wildman–Crippen MR) is 79.8 cm³/mol. The molecule has 0 radical (unpaired) electrons. The molecule has 0 spiro atoms. The van der Waals surface area contributed by atoms with Crippen LogP contribution in [0.1, 0.15) is 12.6 Å². The maximum absolute atomic E-state index is 13.6. The Kier molecular flexibility index (Phi) is 4.62. The summed E-state index contributed by atoms with van der Waals surface area (Å²) in [5.41, 5.74) is -0.799. The third-order valence-electron chi connectivity index (χ3n) is 3.50. The molecule has 0 saturated heterocycles. The summed E-state index contributed by atoms with van der Waals surface area (Å²) in [5.74, 6) is -4.50. The third-order valence-corrected chi connectivity index (χ3v) is 3.50. The maximum atomic E-state index is 13.6. The van der Waals surface area contributed by atoms with Gasteiger partial charge in [-0.1, -0.05) is 6.92 Å². The van der Waals surface area contributed by atoms with Gasteiger partial charge in [-0.3, -0.25) is 4.98 Å². The monoisotopic (exact) mass is 374 g/mol. The first-order valence-electron chi connectivity index (χ1n) is 7.39. The fourth-order valence-corrected chi connectivity index (χ4v) is 2.42. The highest BCUT2D eigenvalue weighted by Gasteiger charge is 2.21. The van der Waals surface area contributed by atoms with Crippen LogP contribution in [-0.4, -0.2) is 32.6 Å². The number of hydrogen-bond acceptors (Lipinski definition) is 4. The van der Waals surface area contributed by atoms with Crippen LogP contribution in [0.25, 0.3) is 16.8 Å². The van der Waals surface area contributed by atoms with E-state index < -0.39 is 42.2 Å². The fourth-order valence-electron chi connectivity index (χ4n) is 2.42. The molecule has 0 aliphatic carbocycles. The Labute approximate surface area is 142 Å². The Hall–Kier alpha value is -2.98. The summed E-state index contributed by atoms with van der Waals surface area (Å²) in [4.78, 5) is 18.1. The average Bonchev–Trinajstić information content (AvgIpc) is 2.96. The predicted octanol–water partition coefficient (Wildman–Crippen LogP) is 2.71. The molecule has 1 aromatic carbocycles. The molecule has 0 atom stereocenters. The average molecular weight is 374 g/mol. The number of nitrogens with one attached hydrogen (secondary N) is 1. The normalized spacial score (nSPS) is 11.5. The van der Waals surface area contributed by atoms with Gasteiger partial charge in [-0.25, -0.2) is 26.7 Å². The van der Waals surface area contributed by atoms with Crippen molar-refractivity contribution < 1.29 is 26.7 Å².